The Morgan fingerprint density at radius 2 is 2.00 bits per heavy atom. The van der Waals surface area contributed by atoms with Gasteiger partial charge in [0.05, 0.1) is 17.3 Å². The summed E-state index contributed by atoms with van der Waals surface area (Å²) >= 11 is 0. The lowest BCUT2D eigenvalue weighted by molar-refractivity contribution is 0.100. The number of carbonyl (C=O) groups is 1. The third-order valence-electron chi connectivity index (χ3n) is 3.09. The van der Waals surface area contributed by atoms with Crippen molar-refractivity contribution in [3.63, 3.8) is 0 Å². The van der Waals surface area contributed by atoms with Crippen molar-refractivity contribution in [2.45, 2.75) is 0 Å². The largest absolute Gasteiger partial charge is 0.398 e. The number of nitrogens with zero attached hydrogens (tertiary/aromatic N) is 2. The van der Waals surface area contributed by atoms with Gasteiger partial charge in [-0.15, -0.1) is 0 Å². The Balaban J connectivity index is 2.29. The molecule has 0 unspecified atom stereocenters. The second-order valence-corrected chi connectivity index (χ2v) is 4.37. The number of primary amides is 1. The highest BCUT2D eigenvalue weighted by Crippen LogP contribution is 2.24. The quantitative estimate of drug-likeness (QED) is 0.696. The minimum absolute atomic E-state index is 0.00946. The molecule has 0 aliphatic rings. The first kappa shape index (κ1) is 12.2. The number of hydrogen-bond donors (Lipinski definition) is 2. The summed E-state index contributed by atoms with van der Waals surface area (Å²) in [6.45, 7) is 0. The number of nitrogens with two attached hydrogens (primary N) is 2. The standard InChI is InChI=1S/C14H11FN4O/c15-10-6-11(16)9(14(17)20)5-13(10)19-12-4-2-1-3-8(12)7-18-19/h1-7H,16H2,(H2,17,20). The van der Waals surface area contributed by atoms with Crippen LogP contribution in [0.1, 0.15) is 10.4 Å². The molecule has 0 aliphatic heterocycles. The van der Waals surface area contributed by atoms with Crippen molar-refractivity contribution in [2.75, 3.05) is 5.73 Å². The highest BCUT2D eigenvalue weighted by molar-refractivity contribution is 5.98. The minimum Gasteiger partial charge on any atom is -0.398 e. The molecule has 1 aromatic heterocycles. The van der Waals surface area contributed by atoms with Crippen LogP contribution in [0.5, 0.6) is 0 Å². The second-order valence-electron chi connectivity index (χ2n) is 4.37. The number of halogens is 1. The lowest BCUT2D eigenvalue weighted by atomic mass is 10.1. The summed E-state index contributed by atoms with van der Waals surface area (Å²) in [5, 5.41) is 5.01. The number of fused-ring (bicyclic) bond motifs is 1. The van der Waals surface area contributed by atoms with Crippen LogP contribution < -0.4 is 11.5 Å². The van der Waals surface area contributed by atoms with Gasteiger partial charge in [0.25, 0.3) is 5.91 Å². The summed E-state index contributed by atoms with van der Waals surface area (Å²) in [7, 11) is 0. The van der Waals surface area contributed by atoms with Gasteiger partial charge >= 0.3 is 0 Å². The van der Waals surface area contributed by atoms with Gasteiger partial charge in [-0.3, -0.25) is 4.79 Å². The van der Waals surface area contributed by atoms with Gasteiger partial charge in [0.1, 0.15) is 5.69 Å². The fourth-order valence-corrected chi connectivity index (χ4v) is 2.12. The van der Waals surface area contributed by atoms with E-state index in [1.807, 2.05) is 24.3 Å². The number of anilines is 1. The summed E-state index contributed by atoms with van der Waals surface area (Å²) < 4.78 is 15.5. The molecule has 3 rings (SSSR count). The van der Waals surface area contributed by atoms with Crippen molar-refractivity contribution in [1.82, 2.24) is 9.78 Å². The number of carbonyl (C=O) groups excluding carboxylic acids is 1. The van der Waals surface area contributed by atoms with Gasteiger partial charge in [0.15, 0.2) is 5.82 Å². The smallest absolute Gasteiger partial charge is 0.250 e. The maximum absolute atomic E-state index is 14.1. The van der Waals surface area contributed by atoms with Crippen LogP contribution in [-0.4, -0.2) is 15.7 Å². The molecule has 20 heavy (non-hydrogen) atoms. The molecule has 0 saturated carbocycles. The molecule has 1 heterocycles. The molecule has 1 amide bonds. The third kappa shape index (κ3) is 1.78. The van der Waals surface area contributed by atoms with Crippen LogP contribution in [0.25, 0.3) is 16.6 Å². The molecule has 0 fully saturated rings. The Hall–Kier alpha value is -2.89. The summed E-state index contributed by atoms with van der Waals surface area (Å²) in [4.78, 5) is 11.3. The Kier molecular flexibility index (Phi) is 2.64. The summed E-state index contributed by atoms with van der Waals surface area (Å²) in [6, 6.07) is 9.75. The van der Waals surface area contributed by atoms with Gasteiger partial charge in [-0.1, -0.05) is 18.2 Å². The number of hydrogen-bond acceptors (Lipinski definition) is 3. The monoisotopic (exact) mass is 270 g/mol. The van der Waals surface area contributed by atoms with Crippen molar-refractivity contribution >= 4 is 22.5 Å². The van der Waals surface area contributed by atoms with Crippen molar-refractivity contribution in [1.29, 1.82) is 0 Å². The minimum atomic E-state index is -0.708. The first-order valence-electron chi connectivity index (χ1n) is 5.90. The van der Waals surface area contributed by atoms with Gasteiger partial charge in [-0.25, -0.2) is 9.07 Å². The number of amides is 1. The number of nitrogen functional groups attached to an aromatic ring is 1. The van der Waals surface area contributed by atoms with E-state index in [-0.39, 0.29) is 16.9 Å². The van der Waals surface area contributed by atoms with Crippen LogP contribution in [0, 0.1) is 5.82 Å². The van der Waals surface area contributed by atoms with Crippen LogP contribution >= 0.6 is 0 Å². The van der Waals surface area contributed by atoms with E-state index >= 15 is 0 Å². The molecular weight excluding hydrogens is 259 g/mol. The predicted molar refractivity (Wildman–Crippen MR) is 74.0 cm³/mol. The summed E-state index contributed by atoms with van der Waals surface area (Å²) in [5.74, 6) is -1.28. The van der Waals surface area contributed by atoms with Crippen molar-refractivity contribution in [2.24, 2.45) is 5.73 Å². The van der Waals surface area contributed by atoms with Gasteiger partial charge in [0.2, 0.25) is 0 Å². The van der Waals surface area contributed by atoms with Crippen LogP contribution in [-0.2, 0) is 0 Å². The van der Waals surface area contributed by atoms with Gasteiger partial charge < -0.3 is 11.5 Å². The maximum Gasteiger partial charge on any atom is 0.250 e. The number of rotatable bonds is 2. The molecule has 0 saturated heterocycles. The van der Waals surface area contributed by atoms with E-state index in [0.717, 1.165) is 17.0 Å². The van der Waals surface area contributed by atoms with Gasteiger partial charge in [0, 0.05) is 11.1 Å². The molecule has 100 valence electrons. The lowest BCUT2D eigenvalue weighted by Crippen LogP contribution is -2.15. The molecule has 6 heteroatoms. The van der Waals surface area contributed by atoms with Crippen molar-refractivity contribution in [3.05, 3.63) is 54.0 Å². The number of aromatic nitrogens is 2. The second kappa shape index (κ2) is 4.34. The maximum atomic E-state index is 14.1. The molecule has 0 aliphatic carbocycles. The van der Waals surface area contributed by atoms with E-state index in [1.165, 1.54) is 10.7 Å². The average Bonchev–Trinajstić information content (AvgIpc) is 2.82. The van der Waals surface area contributed by atoms with E-state index in [9.17, 15) is 9.18 Å². The highest BCUT2D eigenvalue weighted by Gasteiger charge is 2.15. The zero-order valence-electron chi connectivity index (χ0n) is 10.4. The van der Waals surface area contributed by atoms with E-state index < -0.39 is 11.7 Å². The molecule has 0 atom stereocenters. The van der Waals surface area contributed by atoms with Crippen LogP contribution in [0.4, 0.5) is 10.1 Å². The molecular formula is C14H11FN4O. The molecule has 0 spiro atoms. The fraction of sp³-hybridized carbons (Fsp3) is 0. The molecule has 3 aromatic rings. The Morgan fingerprint density at radius 1 is 1.25 bits per heavy atom. The molecule has 4 N–H and O–H groups in total. The first-order valence-corrected chi connectivity index (χ1v) is 5.90. The zero-order chi connectivity index (χ0) is 14.3. The summed E-state index contributed by atoms with van der Waals surface area (Å²) in [6.07, 6.45) is 1.62. The van der Waals surface area contributed by atoms with Gasteiger partial charge in [-0.05, 0) is 18.2 Å². The van der Waals surface area contributed by atoms with Crippen LogP contribution in [0.2, 0.25) is 0 Å². The molecule has 0 radical (unpaired) electrons. The van der Waals surface area contributed by atoms with E-state index in [1.54, 1.807) is 6.20 Å². The van der Waals surface area contributed by atoms with Crippen LogP contribution in [0.15, 0.2) is 42.6 Å². The third-order valence-corrected chi connectivity index (χ3v) is 3.09. The summed E-state index contributed by atoms with van der Waals surface area (Å²) in [5.41, 5.74) is 11.8. The average molecular weight is 270 g/mol. The van der Waals surface area contributed by atoms with E-state index in [2.05, 4.69) is 5.10 Å². The Morgan fingerprint density at radius 3 is 2.75 bits per heavy atom. The highest BCUT2D eigenvalue weighted by atomic mass is 19.1. The predicted octanol–water partition coefficient (Wildman–Crippen LogP) is 1.85. The number of para-hydroxylation sites is 1. The van der Waals surface area contributed by atoms with Crippen molar-refractivity contribution in [3.8, 4) is 5.69 Å². The van der Waals surface area contributed by atoms with Crippen molar-refractivity contribution < 1.29 is 9.18 Å². The normalized spacial score (nSPS) is 10.8. The zero-order valence-corrected chi connectivity index (χ0v) is 10.4. The van der Waals surface area contributed by atoms with Crippen LogP contribution in [0.3, 0.4) is 0 Å². The molecule has 2 aromatic carbocycles. The topological polar surface area (TPSA) is 86.9 Å². The fourth-order valence-electron chi connectivity index (χ4n) is 2.12. The van der Waals surface area contributed by atoms with E-state index in [0.29, 0.717) is 0 Å². The number of benzene rings is 2. The SMILES string of the molecule is NC(=O)c1cc(-n2ncc3ccccc32)c(F)cc1N. The van der Waals surface area contributed by atoms with E-state index in [4.69, 9.17) is 11.5 Å². The Labute approximate surface area is 113 Å². The lowest BCUT2D eigenvalue weighted by Gasteiger charge is -2.09. The molecule has 5 nitrogen and oxygen atoms in total. The van der Waals surface area contributed by atoms with Gasteiger partial charge in [-0.2, -0.15) is 5.10 Å². The Bertz CT molecular complexity index is 825. The first-order chi connectivity index (χ1) is 9.58. The molecule has 0 bridgehead atoms.